The topological polar surface area (TPSA) is 15.7 Å². The fraction of sp³-hybridized carbons (Fsp3) is 0.833. The summed E-state index contributed by atoms with van der Waals surface area (Å²) in [7, 11) is 2.07. The minimum atomic E-state index is 0.731. The van der Waals surface area contributed by atoms with Crippen molar-refractivity contribution in [1.29, 1.82) is 0 Å². The molecule has 0 aromatic heterocycles. The van der Waals surface area contributed by atoms with Crippen LogP contribution in [-0.4, -0.2) is 36.9 Å². The van der Waals surface area contributed by atoms with Gasteiger partial charge in [0.1, 0.15) is 6.73 Å². The van der Waals surface area contributed by atoms with E-state index in [-0.39, 0.29) is 0 Å². The lowest BCUT2D eigenvalue weighted by Gasteiger charge is -2.17. The van der Waals surface area contributed by atoms with Gasteiger partial charge in [-0.25, -0.2) is 0 Å². The molecule has 0 saturated heterocycles. The van der Waals surface area contributed by atoms with Crippen LogP contribution in [0.5, 0.6) is 0 Å². The molecule has 3 heteroatoms. The first kappa shape index (κ1) is 12.4. The van der Waals surface area contributed by atoms with Gasteiger partial charge in [0, 0.05) is 26.1 Å². The van der Waals surface area contributed by atoms with Crippen molar-refractivity contribution in [3.8, 4) is 0 Å². The highest BCUT2D eigenvalue weighted by molar-refractivity contribution is 4.87. The van der Waals surface area contributed by atoms with Crippen LogP contribution in [0.1, 0.15) is 39.0 Å². The van der Waals surface area contributed by atoms with Gasteiger partial charge in [-0.3, -0.25) is 0 Å². The number of ether oxygens (including phenoxy) is 1. The Balaban J connectivity index is 1.83. The molecule has 1 rings (SSSR count). The third kappa shape index (κ3) is 5.67. The van der Waals surface area contributed by atoms with Crippen molar-refractivity contribution in [2.24, 2.45) is 0 Å². The highest BCUT2D eigenvalue weighted by Crippen LogP contribution is 2.05. The van der Waals surface area contributed by atoms with E-state index in [0.717, 1.165) is 20.0 Å². The average Bonchev–Trinajstić information content (AvgIpc) is 2.63. The van der Waals surface area contributed by atoms with E-state index in [1.807, 2.05) is 0 Å². The molecule has 0 bridgehead atoms. The van der Waals surface area contributed by atoms with Crippen LogP contribution >= 0.6 is 0 Å². The molecule has 0 N–H and O–H groups in total. The maximum atomic E-state index is 5.59. The van der Waals surface area contributed by atoms with Crippen LogP contribution in [0.4, 0.5) is 0 Å². The molecule has 0 unspecified atom stereocenters. The molecule has 0 aromatic carbocycles. The Morgan fingerprint density at radius 1 is 1.13 bits per heavy atom. The van der Waals surface area contributed by atoms with Gasteiger partial charge in [0.2, 0.25) is 0 Å². The van der Waals surface area contributed by atoms with E-state index in [4.69, 9.17) is 4.74 Å². The summed E-state index contributed by atoms with van der Waals surface area (Å²) in [5, 5.41) is 0. The normalized spacial score (nSPS) is 15.3. The molecule has 1 aliphatic heterocycles. The van der Waals surface area contributed by atoms with Crippen molar-refractivity contribution < 1.29 is 4.74 Å². The SMILES string of the molecule is CCCCCCCOCN1C=CN(C)C1. The summed E-state index contributed by atoms with van der Waals surface area (Å²) in [5.74, 6) is 0. The molecule has 15 heavy (non-hydrogen) atoms. The zero-order chi connectivity index (χ0) is 10.9. The largest absolute Gasteiger partial charge is 0.362 e. The number of nitrogens with zero attached hydrogens (tertiary/aromatic N) is 2. The molecule has 1 heterocycles. The Morgan fingerprint density at radius 3 is 2.60 bits per heavy atom. The van der Waals surface area contributed by atoms with E-state index < -0.39 is 0 Å². The lowest BCUT2D eigenvalue weighted by Crippen LogP contribution is -2.24. The molecule has 0 radical (unpaired) electrons. The zero-order valence-electron chi connectivity index (χ0n) is 10.1. The minimum Gasteiger partial charge on any atom is -0.362 e. The van der Waals surface area contributed by atoms with Crippen molar-refractivity contribution >= 4 is 0 Å². The molecule has 88 valence electrons. The predicted octanol–water partition coefficient (Wildman–Crippen LogP) is 2.61. The summed E-state index contributed by atoms with van der Waals surface area (Å²) >= 11 is 0. The summed E-state index contributed by atoms with van der Waals surface area (Å²) in [6.45, 7) is 4.83. The summed E-state index contributed by atoms with van der Waals surface area (Å²) in [5.41, 5.74) is 0. The minimum absolute atomic E-state index is 0.731. The van der Waals surface area contributed by atoms with Gasteiger partial charge in [-0.1, -0.05) is 32.6 Å². The molecule has 0 aromatic rings. The van der Waals surface area contributed by atoms with E-state index in [0.29, 0.717) is 0 Å². The number of hydrogen-bond donors (Lipinski definition) is 0. The first-order chi connectivity index (χ1) is 7.33. The van der Waals surface area contributed by atoms with Crippen LogP contribution < -0.4 is 0 Å². The number of hydrogen-bond acceptors (Lipinski definition) is 3. The summed E-state index contributed by atoms with van der Waals surface area (Å²) in [6, 6.07) is 0. The summed E-state index contributed by atoms with van der Waals surface area (Å²) < 4.78 is 5.59. The maximum absolute atomic E-state index is 5.59. The molecular formula is C12H24N2O. The highest BCUT2D eigenvalue weighted by atomic mass is 16.5. The van der Waals surface area contributed by atoms with Crippen molar-refractivity contribution in [3.05, 3.63) is 12.4 Å². The smallest absolute Gasteiger partial charge is 0.119 e. The quantitative estimate of drug-likeness (QED) is 0.575. The summed E-state index contributed by atoms with van der Waals surface area (Å²) in [4.78, 5) is 4.32. The average molecular weight is 212 g/mol. The van der Waals surface area contributed by atoms with Crippen LogP contribution in [0, 0.1) is 0 Å². The molecule has 0 saturated carbocycles. The van der Waals surface area contributed by atoms with Crippen LogP contribution in [-0.2, 0) is 4.74 Å². The molecule has 0 fully saturated rings. The van der Waals surface area contributed by atoms with Gasteiger partial charge in [0.05, 0.1) is 6.67 Å². The van der Waals surface area contributed by atoms with Crippen molar-refractivity contribution in [3.63, 3.8) is 0 Å². The molecule has 0 amide bonds. The molecule has 3 nitrogen and oxygen atoms in total. The van der Waals surface area contributed by atoms with Gasteiger partial charge < -0.3 is 14.5 Å². The third-order valence-corrected chi connectivity index (χ3v) is 2.59. The Hall–Kier alpha value is -0.700. The second-order valence-corrected chi connectivity index (χ2v) is 4.24. The standard InChI is InChI=1S/C12H24N2O/c1-3-4-5-6-7-10-15-12-14-9-8-13(2)11-14/h8-9H,3-7,10-12H2,1-2H3. The van der Waals surface area contributed by atoms with Crippen LogP contribution in [0.3, 0.4) is 0 Å². The van der Waals surface area contributed by atoms with Crippen LogP contribution in [0.15, 0.2) is 12.4 Å². The molecule has 1 aliphatic rings. The van der Waals surface area contributed by atoms with Gasteiger partial charge in [-0.15, -0.1) is 0 Å². The Bertz CT molecular complexity index is 182. The fourth-order valence-electron chi connectivity index (χ4n) is 1.66. The van der Waals surface area contributed by atoms with Gasteiger partial charge in [-0.2, -0.15) is 0 Å². The zero-order valence-corrected chi connectivity index (χ0v) is 10.1. The van der Waals surface area contributed by atoms with Crippen molar-refractivity contribution in [2.75, 3.05) is 27.1 Å². The molecule has 0 atom stereocenters. The lowest BCUT2D eigenvalue weighted by molar-refractivity contribution is 0.0449. The predicted molar refractivity (Wildman–Crippen MR) is 63.2 cm³/mol. The van der Waals surface area contributed by atoms with Crippen LogP contribution in [0.25, 0.3) is 0 Å². The van der Waals surface area contributed by atoms with E-state index >= 15 is 0 Å². The Labute approximate surface area is 93.7 Å². The Kier molecular flexibility index (Phi) is 6.25. The highest BCUT2D eigenvalue weighted by Gasteiger charge is 2.06. The number of rotatable bonds is 8. The van der Waals surface area contributed by atoms with E-state index in [1.54, 1.807) is 0 Å². The Morgan fingerprint density at radius 2 is 1.93 bits per heavy atom. The van der Waals surface area contributed by atoms with Gasteiger partial charge in [-0.05, 0) is 6.42 Å². The van der Waals surface area contributed by atoms with Crippen molar-refractivity contribution in [2.45, 2.75) is 39.0 Å². The second kappa shape index (κ2) is 7.57. The van der Waals surface area contributed by atoms with Gasteiger partial charge in [0.15, 0.2) is 0 Å². The monoisotopic (exact) mass is 212 g/mol. The lowest BCUT2D eigenvalue weighted by atomic mass is 10.2. The van der Waals surface area contributed by atoms with E-state index in [1.165, 1.54) is 32.1 Å². The van der Waals surface area contributed by atoms with Crippen molar-refractivity contribution in [1.82, 2.24) is 9.80 Å². The van der Waals surface area contributed by atoms with E-state index in [2.05, 4.69) is 36.2 Å². The number of unbranched alkanes of at least 4 members (excludes halogenated alkanes) is 4. The van der Waals surface area contributed by atoms with Crippen LogP contribution in [0.2, 0.25) is 0 Å². The third-order valence-electron chi connectivity index (χ3n) is 2.59. The molecule has 0 spiro atoms. The fourth-order valence-corrected chi connectivity index (χ4v) is 1.66. The van der Waals surface area contributed by atoms with E-state index in [9.17, 15) is 0 Å². The summed E-state index contributed by atoms with van der Waals surface area (Å²) in [6.07, 6.45) is 10.7. The maximum Gasteiger partial charge on any atom is 0.119 e. The first-order valence-corrected chi connectivity index (χ1v) is 6.03. The van der Waals surface area contributed by atoms with Gasteiger partial charge in [0.25, 0.3) is 0 Å². The first-order valence-electron chi connectivity index (χ1n) is 6.03. The van der Waals surface area contributed by atoms with Gasteiger partial charge >= 0.3 is 0 Å². The molecule has 0 aliphatic carbocycles. The second-order valence-electron chi connectivity index (χ2n) is 4.24. The molecular weight excluding hydrogens is 188 g/mol.